The molecule has 0 saturated carbocycles. The number of hydrogen-bond donors (Lipinski definition) is 1. The van der Waals surface area contributed by atoms with Gasteiger partial charge in [-0.2, -0.15) is 0 Å². The van der Waals surface area contributed by atoms with Crippen molar-refractivity contribution >= 4 is 57.5 Å². The van der Waals surface area contributed by atoms with Gasteiger partial charge in [0.25, 0.3) is 0 Å². The summed E-state index contributed by atoms with van der Waals surface area (Å²) in [5.74, 6) is 1.38. The average Bonchev–Trinajstić information content (AvgIpc) is 3.05. The third kappa shape index (κ3) is 5.64. The highest BCUT2D eigenvalue weighted by atomic mass is 127. The van der Waals surface area contributed by atoms with E-state index in [0.717, 1.165) is 14.8 Å². The largest absolute Gasteiger partial charge is 0.481 e. The van der Waals surface area contributed by atoms with E-state index in [1.165, 1.54) is 11.8 Å². The summed E-state index contributed by atoms with van der Waals surface area (Å²) in [5.41, 5.74) is 1.85. The fraction of sp³-hybridized carbons (Fsp3) is 0.250. The smallest absolute Gasteiger partial charge is 0.234 e. The van der Waals surface area contributed by atoms with Crippen LogP contribution in [0, 0.1) is 10.5 Å². The predicted molar refractivity (Wildman–Crippen MR) is 125 cm³/mol. The molecule has 29 heavy (non-hydrogen) atoms. The minimum Gasteiger partial charge on any atom is -0.481 e. The van der Waals surface area contributed by atoms with Gasteiger partial charge in [0.1, 0.15) is 5.75 Å². The van der Waals surface area contributed by atoms with Gasteiger partial charge in [-0.05, 0) is 72.3 Å². The zero-order chi connectivity index (χ0) is 21.0. The molecule has 0 spiro atoms. The molecule has 0 radical (unpaired) electrons. The number of rotatable bonds is 7. The number of para-hydroxylation sites is 1. The van der Waals surface area contributed by atoms with E-state index in [2.05, 4.69) is 38.1 Å². The highest BCUT2D eigenvalue weighted by Gasteiger charge is 2.19. The number of nitrogens with one attached hydrogen (secondary N) is 1. The molecule has 1 N–H and O–H groups in total. The van der Waals surface area contributed by atoms with Gasteiger partial charge in [0, 0.05) is 16.3 Å². The molecule has 0 bridgehead atoms. The van der Waals surface area contributed by atoms with E-state index in [9.17, 15) is 4.79 Å². The van der Waals surface area contributed by atoms with Crippen molar-refractivity contribution in [3.05, 3.63) is 62.4 Å². The first-order chi connectivity index (χ1) is 13.8. The topological polar surface area (TPSA) is 69.0 Å². The second kappa shape index (κ2) is 9.82. The maximum atomic E-state index is 12.3. The lowest BCUT2D eigenvalue weighted by molar-refractivity contribution is -0.113. The Labute approximate surface area is 192 Å². The van der Waals surface area contributed by atoms with E-state index >= 15 is 0 Å². The Balaban J connectivity index is 1.60. The third-order valence-electron chi connectivity index (χ3n) is 4.17. The minimum absolute atomic E-state index is 0.0933. The second-order valence-electron chi connectivity index (χ2n) is 6.39. The van der Waals surface area contributed by atoms with Crippen molar-refractivity contribution in [2.45, 2.75) is 25.1 Å². The third-order valence-corrected chi connectivity index (χ3v) is 6.17. The number of aryl methyl sites for hydroxylation is 1. The number of nitrogens with zero attached hydrogens (tertiary/aromatic N) is 3. The molecule has 1 atom stereocenters. The lowest BCUT2D eigenvalue weighted by atomic mass is 10.2. The van der Waals surface area contributed by atoms with E-state index in [-0.39, 0.29) is 17.8 Å². The summed E-state index contributed by atoms with van der Waals surface area (Å²) in [5, 5.41) is 12.5. The molecule has 0 unspecified atom stereocenters. The number of ether oxygens (including phenoxy) is 1. The Hall–Kier alpha value is -1.78. The summed E-state index contributed by atoms with van der Waals surface area (Å²) in [7, 11) is 1.85. The Morgan fingerprint density at radius 3 is 2.79 bits per heavy atom. The van der Waals surface area contributed by atoms with Gasteiger partial charge in [0.05, 0.1) is 10.8 Å². The molecule has 0 aliphatic heterocycles. The molecule has 3 aromatic rings. The highest BCUT2D eigenvalue weighted by molar-refractivity contribution is 14.1. The molecule has 0 aliphatic carbocycles. The van der Waals surface area contributed by atoms with Crippen molar-refractivity contribution < 1.29 is 9.53 Å². The first-order valence-electron chi connectivity index (χ1n) is 8.84. The summed E-state index contributed by atoms with van der Waals surface area (Å²) in [6, 6.07) is 13.2. The van der Waals surface area contributed by atoms with Crippen LogP contribution < -0.4 is 10.1 Å². The Morgan fingerprint density at radius 1 is 1.31 bits per heavy atom. The fourth-order valence-corrected chi connectivity index (χ4v) is 4.22. The molecule has 152 valence electrons. The average molecular weight is 543 g/mol. The summed E-state index contributed by atoms with van der Waals surface area (Å²) < 4.78 is 8.87. The molecular weight excluding hydrogens is 523 g/mol. The van der Waals surface area contributed by atoms with Crippen molar-refractivity contribution in [3.8, 4) is 5.75 Å². The van der Waals surface area contributed by atoms with Crippen LogP contribution in [-0.2, 0) is 11.8 Å². The zero-order valence-corrected chi connectivity index (χ0v) is 19.9. The maximum absolute atomic E-state index is 12.3. The van der Waals surface area contributed by atoms with E-state index in [1.807, 2.05) is 61.9 Å². The number of aromatic nitrogens is 3. The number of carbonyl (C=O) groups is 1. The summed E-state index contributed by atoms with van der Waals surface area (Å²) in [6.45, 7) is 3.86. The lowest BCUT2D eigenvalue weighted by Gasteiger charge is -2.15. The van der Waals surface area contributed by atoms with Crippen LogP contribution in [0.1, 0.15) is 24.4 Å². The molecule has 3 rings (SSSR count). The molecule has 6 nitrogen and oxygen atoms in total. The van der Waals surface area contributed by atoms with Gasteiger partial charge in [0.2, 0.25) is 5.91 Å². The number of hydrogen-bond acceptors (Lipinski definition) is 5. The van der Waals surface area contributed by atoms with E-state index in [4.69, 9.17) is 16.3 Å². The SMILES string of the molecule is Cc1cc(I)ccc1NC(=O)CSc1nnc([C@@H](C)Oc2ccccc2Cl)n1C. The quantitative estimate of drug-likeness (QED) is 0.326. The summed E-state index contributed by atoms with van der Waals surface area (Å²) >= 11 is 9.73. The Morgan fingerprint density at radius 2 is 2.07 bits per heavy atom. The van der Waals surface area contributed by atoms with Crippen LogP contribution in [0.25, 0.3) is 0 Å². The first kappa shape index (κ1) is 21.9. The Bertz CT molecular complexity index is 1030. The maximum Gasteiger partial charge on any atom is 0.234 e. The van der Waals surface area contributed by atoms with Gasteiger partial charge in [-0.3, -0.25) is 4.79 Å². The van der Waals surface area contributed by atoms with Crippen molar-refractivity contribution in [2.24, 2.45) is 7.05 Å². The number of amides is 1. The Kier molecular flexibility index (Phi) is 7.42. The number of benzene rings is 2. The van der Waals surface area contributed by atoms with Gasteiger partial charge < -0.3 is 14.6 Å². The van der Waals surface area contributed by atoms with E-state index in [1.54, 1.807) is 6.07 Å². The lowest BCUT2D eigenvalue weighted by Crippen LogP contribution is -2.15. The van der Waals surface area contributed by atoms with Crippen LogP contribution in [-0.4, -0.2) is 26.4 Å². The number of carbonyl (C=O) groups excluding carboxylic acids is 1. The van der Waals surface area contributed by atoms with Crippen LogP contribution in [0.4, 0.5) is 5.69 Å². The summed E-state index contributed by atoms with van der Waals surface area (Å²) in [6.07, 6.45) is -0.343. The molecule has 1 heterocycles. The van der Waals surface area contributed by atoms with Crippen molar-refractivity contribution in [1.82, 2.24) is 14.8 Å². The van der Waals surface area contributed by atoms with Crippen molar-refractivity contribution in [1.29, 1.82) is 0 Å². The van der Waals surface area contributed by atoms with Crippen LogP contribution in [0.5, 0.6) is 5.75 Å². The number of anilines is 1. The molecule has 1 amide bonds. The van der Waals surface area contributed by atoms with Crippen molar-refractivity contribution in [3.63, 3.8) is 0 Å². The highest BCUT2D eigenvalue weighted by Crippen LogP contribution is 2.29. The fourth-order valence-electron chi connectivity index (χ4n) is 2.67. The van der Waals surface area contributed by atoms with Crippen LogP contribution in [0.2, 0.25) is 5.02 Å². The molecule has 0 fully saturated rings. The minimum atomic E-state index is -0.343. The van der Waals surface area contributed by atoms with E-state index < -0.39 is 0 Å². The van der Waals surface area contributed by atoms with Crippen LogP contribution >= 0.6 is 46.0 Å². The molecule has 2 aromatic carbocycles. The van der Waals surface area contributed by atoms with Crippen LogP contribution in [0.3, 0.4) is 0 Å². The van der Waals surface area contributed by atoms with Crippen LogP contribution in [0.15, 0.2) is 47.6 Å². The summed E-state index contributed by atoms with van der Waals surface area (Å²) in [4.78, 5) is 12.3. The van der Waals surface area contributed by atoms with Gasteiger partial charge in [0.15, 0.2) is 17.1 Å². The normalized spacial score (nSPS) is 11.9. The molecular formula is C20H20ClIN4O2S. The zero-order valence-electron chi connectivity index (χ0n) is 16.1. The molecule has 9 heteroatoms. The van der Waals surface area contributed by atoms with Gasteiger partial charge in [-0.1, -0.05) is 35.5 Å². The van der Waals surface area contributed by atoms with Gasteiger partial charge in [-0.15, -0.1) is 10.2 Å². The van der Waals surface area contributed by atoms with Gasteiger partial charge >= 0.3 is 0 Å². The van der Waals surface area contributed by atoms with Gasteiger partial charge in [-0.25, -0.2) is 0 Å². The van der Waals surface area contributed by atoms with E-state index in [0.29, 0.717) is 21.8 Å². The second-order valence-corrected chi connectivity index (χ2v) is 8.98. The number of thioether (sulfide) groups is 1. The first-order valence-corrected chi connectivity index (χ1v) is 11.3. The molecule has 1 aromatic heterocycles. The predicted octanol–water partition coefficient (Wildman–Crippen LogP) is 5.25. The monoisotopic (exact) mass is 542 g/mol. The molecule has 0 aliphatic rings. The standard InChI is InChI=1S/C20H20ClIN4O2S/c1-12-10-14(22)8-9-16(12)23-18(27)11-29-20-25-24-19(26(20)3)13(2)28-17-7-5-4-6-15(17)21/h4-10,13H,11H2,1-3H3,(H,23,27)/t13-/m1/s1. The number of halogens is 2. The van der Waals surface area contributed by atoms with Crippen molar-refractivity contribution in [2.75, 3.05) is 11.1 Å². The molecule has 0 saturated heterocycles.